The molecule has 0 aliphatic carbocycles. The molecule has 0 aliphatic rings. The lowest BCUT2D eigenvalue weighted by atomic mass is 9.99. The molecule has 0 aromatic carbocycles. The van der Waals surface area contributed by atoms with Gasteiger partial charge in [0.25, 0.3) is 0 Å². The monoisotopic (exact) mass is 383 g/mol. The average Bonchev–Trinajstić information content (AvgIpc) is 2.67. The molecule has 0 unspecified atom stereocenters. The Labute approximate surface area is 170 Å². The fourth-order valence-electron chi connectivity index (χ4n) is 3.81. The van der Waals surface area contributed by atoms with E-state index in [9.17, 15) is 10.2 Å². The molecule has 0 bridgehead atoms. The van der Waals surface area contributed by atoms with Gasteiger partial charge in [-0.2, -0.15) is 0 Å². The van der Waals surface area contributed by atoms with Crippen LogP contribution in [-0.2, 0) is 0 Å². The van der Waals surface area contributed by atoms with Gasteiger partial charge in [-0.25, -0.2) is 0 Å². The van der Waals surface area contributed by atoms with Crippen LogP contribution >= 0.6 is 0 Å². The molecule has 0 saturated heterocycles. The molecule has 0 fully saturated rings. The first kappa shape index (κ1) is 26.5. The zero-order valence-electron chi connectivity index (χ0n) is 18.5. The molecule has 0 heterocycles. The highest BCUT2D eigenvalue weighted by Gasteiger charge is 2.06. The van der Waals surface area contributed by atoms with Crippen LogP contribution in [0.4, 0.5) is 0 Å². The van der Waals surface area contributed by atoms with Gasteiger partial charge < -0.3 is 15.5 Å². The summed E-state index contributed by atoms with van der Waals surface area (Å²) in [5.74, 6) is 0. The highest BCUT2D eigenvalue weighted by Crippen LogP contribution is 2.19. The second-order valence-electron chi connectivity index (χ2n) is 7.91. The number of hydrogen-bond acceptors (Lipinski definition) is 3. The van der Waals surface area contributed by atoms with E-state index in [1.807, 2.05) is 0 Å². The number of hydrogen-bond donors (Lipinski definition) is 3. The number of unbranched alkanes of at least 4 members (excludes halogenated alkanes) is 13. The van der Waals surface area contributed by atoms with Crippen molar-refractivity contribution in [3.8, 4) is 0 Å². The predicted molar refractivity (Wildman–Crippen MR) is 119 cm³/mol. The van der Waals surface area contributed by atoms with Crippen LogP contribution in [0.2, 0.25) is 0 Å². The van der Waals surface area contributed by atoms with Gasteiger partial charge in [0.1, 0.15) is 0 Å². The van der Waals surface area contributed by atoms with Gasteiger partial charge in [-0.05, 0) is 31.8 Å². The Morgan fingerprint density at radius 1 is 0.556 bits per heavy atom. The summed E-state index contributed by atoms with van der Waals surface area (Å²) in [6.45, 7) is 5.62. The van der Waals surface area contributed by atoms with E-state index in [-0.39, 0.29) is 13.2 Å². The third-order valence-corrected chi connectivity index (χ3v) is 5.42. The summed E-state index contributed by atoms with van der Waals surface area (Å²) in [5, 5.41) is 21.9. The van der Waals surface area contributed by atoms with Crippen molar-refractivity contribution in [3.63, 3.8) is 0 Å². The molecule has 0 amide bonds. The highest BCUT2D eigenvalue weighted by molar-refractivity contribution is 5.13. The molecule has 0 radical (unpaired) electrons. The molecule has 0 saturated carbocycles. The lowest BCUT2D eigenvalue weighted by Gasteiger charge is -2.15. The summed E-state index contributed by atoms with van der Waals surface area (Å²) < 4.78 is 0. The van der Waals surface area contributed by atoms with E-state index in [0.717, 1.165) is 25.1 Å². The Balaban J connectivity index is 3.63. The van der Waals surface area contributed by atoms with E-state index in [2.05, 4.69) is 19.2 Å². The standard InChI is InChI=1S/C24H49NO2/c1-3-5-6-7-8-9-10-11-12-13-14-15-16-17-18-23(19-21-26)24(20-22-27)25-4-2/h25-27H,3-22H2,1-2H3. The molecule has 0 atom stereocenters. The summed E-state index contributed by atoms with van der Waals surface area (Å²) in [5.41, 5.74) is 2.47. The maximum absolute atomic E-state index is 9.31. The van der Waals surface area contributed by atoms with Crippen molar-refractivity contribution in [3.05, 3.63) is 11.3 Å². The largest absolute Gasteiger partial charge is 0.396 e. The van der Waals surface area contributed by atoms with E-state index in [0.29, 0.717) is 6.42 Å². The number of rotatable bonds is 21. The van der Waals surface area contributed by atoms with Crippen LogP contribution in [0.15, 0.2) is 11.3 Å². The minimum atomic E-state index is 0.177. The molecular formula is C24H49NO2. The van der Waals surface area contributed by atoms with E-state index in [4.69, 9.17) is 0 Å². The number of nitrogens with one attached hydrogen (secondary N) is 1. The molecule has 0 aromatic rings. The molecule has 0 aliphatic heterocycles. The average molecular weight is 384 g/mol. The molecule has 27 heavy (non-hydrogen) atoms. The highest BCUT2D eigenvalue weighted by atomic mass is 16.3. The van der Waals surface area contributed by atoms with Gasteiger partial charge in [0, 0.05) is 31.9 Å². The third-order valence-electron chi connectivity index (χ3n) is 5.42. The second kappa shape index (κ2) is 21.8. The summed E-state index contributed by atoms with van der Waals surface area (Å²) >= 11 is 0. The molecule has 0 rings (SSSR count). The molecule has 3 nitrogen and oxygen atoms in total. The van der Waals surface area contributed by atoms with Crippen LogP contribution in [-0.4, -0.2) is 30.0 Å². The Hall–Kier alpha value is -0.540. The first-order valence-corrected chi connectivity index (χ1v) is 12.0. The zero-order valence-corrected chi connectivity index (χ0v) is 18.5. The van der Waals surface area contributed by atoms with Crippen molar-refractivity contribution < 1.29 is 10.2 Å². The van der Waals surface area contributed by atoms with Crippen LogP contribution in [0.1, 0.15) is 123 Å². The fourth-order valence-corrected chi connectivity index (χ4v) is 3.81. The lowest BCUT2D eigenvalue weighted by Crippen LogP contribution is -2.16. The van der Waals surface area contributed by atoms with Gasteiger partial charge in [-0.1, -0.05) is 90.4 Å². The van der Waals surface area contributed by atoms with E-state index in [1.54, 1.807) is 0 Å². The van der Waals surface area contributed by atoms with E-state index in [1.165, 1.54) is 95.5 Å². The number of aliphatic hydroxyl groups is 2. The summed E-state index contributed by atoms with van der Waals surface area (Å²) in [6, 6.07) is 0. The minimum absolute atomic E-state index is 0.177. The lowest BCUT2D eigenvalue weighted by molar-refractivity contribution is 0.288. The van der Waals surface area contributed by atoms with Gasteiger partial charge in [0.15, 0.2) is 0 Å². The Bertz CT molecular complexity index is 320. The van der Waals surface area contributed by atoms with Crippen LogP contribution in [0, 0.1) is 0 Å². The molecule has 0 spiro atoms. The molecule has 0 aromatic heterocycles. The van der Waals surface area contributed by atoms with Crippen molar-refractivity contribution in [1.82, 2.24) is 5.32 Å². The quantitative estimate of drug-likeness (QED) is 0.199. The summed E-state index contributed by atoms with van der Waals surface area (Å²) in [7, 11) is 0. The first-order chi connectivity index (χ1) is 13.3. The maximum atomic E-state index is 9.31. The van der Waals surface area contributed by atoms with Crippen LogP contribution < -0.4 is 5.32 Å². The van der Waals surface area contributed by atoms with Crippen molar-refractivity contribution in [2.75, 3.05) is 19.8 Å². The Morgan fingerprint density at radius 2 is 1.00 bits per heavy atom. The van der Waals surface area contributed by atoms with Gasteiger partial charge >= 0.3 is 0 Å². The van der Waals surface area contributed by atoms with Crippen molar-refractivity contribution in [2.45, 2.75) is 123 Å². The normalized spacial score (nSPS) is 12.3. The molecule has 3 N–H and O–H groups in total. The predicted octanol–water partition coefficient (Wildman–Crippen LogP) is 6.49. The van der Waals surface area contributed by atoms with Gasteiger partial charge in [-0.3, -0.25) is 0 Å². The second-order valence-corrected chi connectivity index (χ2v) is 7.91. The molecule has 162 valence electrons. The topological polar surface area (TPSA) is 52.5 Å². The van der Waals surface area contributed by atoms with E-state index < -0.39 is 0 Å². The van der Waals surface area contributed by atoms with Gasteiger partial charge in [0.05, 0.1) is 0 Å². The minimum Gasteiger partial charge on any atom is -0.396 e. The third kappa shape index (κ3) is 17.3. The van der Waals surface area contributed by atoms with Crippen LogP contribution in [0.5, 0.6) is 0 Å². The van der Waals surface area contributed by atoms with E-state index >= 15 is 0 Å². The SMILES string of the molecule is CCCCCCCCCCCCCCCCC(CCO)=C(CCO)NCC. The fraction of sp³-hybridized carbons (Fsp3) is 0.917. The van der Waals surface area contributed by atoms with Gasteiger partial charge in [-0.15, -0.1) is 0 Å². The Morgan fingerprint density at radius 3 is 1.41 bits per heavy atom. The molecule has 3 heteroatoms. The smallest absolute Gasteiger partial charge is 0.0485 e. The van der Waals surface area contributed by atoms with Gasteiger partial charge in [0.2, 0.25) is 0 Å². The zero-order chi connectivity index (χ0) is 20.0. The maximum Gasteiger partial charge on any atom is 0.0485 e. The van der Waals surface area contributed by atoms with Crippen molar-refractivity contribution >= 4 is 0 Å². The van der Waals surface area contributed by atoms with Crippen LogP contribution in [0.3, 0.4) is 0 Å². The summed E-state index contributed by atoms with van der Waals surface area (Å²) in [6.07, 6.45) is 21.8. The number of aliphatic hydroxyl groups excluding tert-OH is 2. The summed E-state index contributed by atoms with van der Waals surface area (Å²) in [4.78, 5) is 0. The first-order valence-electron chi connectivity index (χ1n) is 12.0. The Kier molecular flexibility index (Phi) is 21.3. The van der Waals surface area contributed by atoms with Crippen molar-refractivity contribution in [2.24, 2.45) is 0 Å². The van der Waals surface area contributed by atoms with Crippen molar-refractivity contribution in [1.29, 1.82) is 0 Å². The molecular weight excluding hydrogens is 334 g/mol. The van der Waals surface area contributed by atoms with Crippen LogP contribution in [0.25, 0.3) is 0 Å².